The van der Waals surface area contributed by atoms with Crippen LogP contribution in [0.5, 0.6) is 0 Å². The fourth-order valence-corrected chi connectivity index (χ4v) is 2.65. The molecule has 4 nitrogen and oxygen atoms in total. The van der Waals surface area contributed by atoms with E-state index in [0.717, 1.165) is 10.8 Å². The number of nitrogens with zero attached hydrogens (tertiary/aromatic N) is 4. The molecule has 2 heterocycles. The van der Waals surface area contributed by atoms with Crippen molar-refractivity contribution in [1.29, 1.82) is 5.26 Å². The molecule has 0 saturated heterocycles. The van der Waals surface area contributed by atoms with Crippen LogP contribution in [0.15, 0.2) is 47.2 Å². The first-order valence-corrected chi connectivity index (χ1v) is 7.28. The molecule has 0 N–H and O–H groups in total. The van der Waals surface area contributed by atoms with Crippen molar-refractivity contribution in [3.05, 3.63) is 63.9 Å². The molecule has 3 aromatic rings. The molecular formula is C15H8BrClN4. The number of pyridine rings is 1. The lowest BCUT2D eigenvalue weighted by atomic mass is 10.0. The van der Waals surface area contributed by atoms with Crippen molar-refractivity contribution >= 4 is 38.3 Å². The lowest BCUT2D eigenvalue weighted by molar-refractivity contribution is 0.897. The molecule has 102 valence electrons. The molecular weight excluding hydrogens is 352 g/mol. The highest BCUT2D eigenvalue weighted by Crippen LogP contribution is 2.29. The number of nitriles is 1. The van der Waals surface area contributed by atoms with Gasteiger partial charge in [0.2, 0.25) is 5.28 Å². The van der Waals surface area contributed by atoms with Crippen LogP contribution in [0.2, 0.25) is 5.28 Å². The largest absolute Gasteiger partial charge is 0.259 e. The minimum Gasteiger partial charge on any atom is -0.259 e. The molecule has 0 spiro atoms. The summed E-state index contributed by atoms with van der Waals surface area (Å²) in [5.41, 5.74) is 1.15. The lowest BCUT2D eigenvalue weighted by Gasteiger charge is -2.10. The molecule has 1 aromatic carbocycles. The number of rotatable bonds is 2. The Labute approximate surface area is 134 Å². The average Bonchev–Trinajstić information content (AvgIpc) is 2.51. The molecule has 1 atom stereocenters. The van der Waals surface area contributed by atoms with Gasteiger partial charge in [-0.3, -0.25) is 4.98 Å². The van der Waals surface area contributed by atoms with E-state index in [0.29, 0.717) is 15.9 Å². The van der Waals surface area contributed by atoms with E-state index in [1.165, 1.54) is 6.20 Å². The normalized spacial score (nSPS) is 12.0. The second-order valence-corrected chi connectivity index (χ2v) is 5.58. The van der Waals surface area contributed by atoms with Gasteiger partial charge in [-0.2, -0.15) is 5.26 Å². The minimum absolute atomic E-state index is 0.106. The van der Waals surface area contributed by atoms with E-state index in [-0.39, 0.29) is 5.28 Å². The number of hydrogen-bond acceptors (Lipinski definition) is 4. The van der Waals surface area contributed by atoms with Crippen molar-refractivity contribution in [3.63, 3.8) is 0 Å². The number of hydrogen-bond donors (Lipinski definition) is 0. The van der Waals surface area contributed by atoms with Crippen molar-refractivity contribution in [1.82, 2.24) is 15.0 Å². The van der Waals surface area contributed by atoms with E-state index < -0.39 is 5.92 Å². The lowest BCUT2D eigenvalue weighted by Crippen LogP contribution is -2.05. The highest BCUT2D eigenvalue weighted by atomic mass is 79.9. The third-order valence-electron chi connectivity index (χ3n) is 3.09. The summed E-state index contributed by atoms with van der Waals surface area (Å²) in [6.07, 6.45) is 3.29. The van der Waals surface area contributed by atoms with Crippen molar-refractivity contribution in [2.45, 2.75) is 5.92 Å². The standard InChI is InChI=1S/C15H8BrClN4/c16-12-8-20-15(17)21-14(12)11(6-18)13-5-9-3-1-2-4-10(9)7-19-13/h1-5,7-8,11H/t11-/m1/s1. The maximum Gasteiger partial charge on any atom is 0.222 e. The molecule has 3 rings (SSSR count). The van der Waals surface area contributed by atoms with Gasteiger partial charge in [0, 0.05) is 17.8 Å². The van der Waals surface area contributed by atoms with Crippen LogP contribution in [0, 0.1) is 11.3 Å². The van der Waals surface area contributed by atoms with Gasteiger partial charge in [-0.05, 0) is 39.0 Å². The average molecular weight is 360 g/mol. The summed E-state index contributed by atoms with van der Waals surface area (Å²) < 4.78 is 0.633. The van der Waals surface area contributed by atoms with Gasteiger partial charge in [-0.1, -0.05) is 24.3 Å². The van der Waals surface area contributed by atoms with Gasteiger partial charge in [0.05, 0.1) is 21.9 Å². The molecule has 0 radical (unpaired) electrons. The zero-order valence-electron chi connectivity index (χ0n) is 10.7. The van der Waals surface area contributed by atoms with Crippen molar-refractivity contribution in [2.24, 2.45) is 0 Å². The molecule has 0 aliphatic carbocycles. The molecule has 0 fully saturated rings. The second kappa shape index (κ2) is 5.76. The summed E-state index contributed by atoms with van der Waals surface area (Å²) >= 11 is 9.18. The van der Waals surface area contributed by atoms with Crippen LogP contribution >= 0.6 is 27.5 Å². The molecule has 0 unspecified atom stereocenters. The predicted octanol–water partition coefficient (Wildman–Crippen LogP) is 4.10. The van der Waals surface area contributed by atoms with Crippen LogP contribution in [0.25, 0.3) is 10.8 Å². The van der Waals surface area contributed by atoms with Gasteiger partial charge >= 0.3 is 0 Å². The Hall–Kier alpha value is -2.03. The highest BCUT2D eigenvalue weighted by Gasteiger charge is 2.20. The third-order valence-corrected chi connectivity index (χ3v) is 3.89. The Morgan fingerprint density at radius 3 is 2.67 bits per heavy atom. The maximum absolute atomic E-state index is 9.51. The van der Waals surface area contributed by atoms with E-state index in [9.17, 15) is 5.26 Å². The molecule has 21 heavy (non-hydrogen) atoms. The van der Waals surface area contributed by atoms with E-state index in [2.05, 4.69) is 37.0 Å². The van der Waals surface area contributed by atoms with Crippen LogP contribution in [0.4, 0.5) is 0 Å². The Morgan fingerprint density at radius 2 is 1.90 bits per heavy atom. The van der Waals surface area contributed by atoms with Gasteiger partial charge < -0.3 is 0 Å². The van der Waals surface area contributed by atoms with Crippen LogP contribution in [-0.2, 0) is 0 Å². The van der Waals surface area contributed by atoms with Crippen LogP contribution in [-0.4, -0.2) is 15.0 Å². The first kappa shape index (κ1) is 13.9. The summed E-state index contributed by atoms with van der Waals surface area (Å²) in [4.78, 5) is 12.4. The molecule has 0 bridgehead atoms. The topological polar surface area (TPSA) is 62.5 Å². The Morgan fingerprint density at radius 1 is 1.14 bits per heavy atom. The first-order valence-electron chi connectivity index (χ1n) is 6.11. The van der Waals surface area contributed by atoms with E-state index >= 15 is 0 Å². The number of halogens is 2. The quantitative estimate of drug-likeness (QED) is 0.646. The van der Waals surface area contributed by atoms with Crippen LogP contribution < -0.4 is 0 Å². The highest BCUT2D eigenvalue weighted by molar-refractivity contribution is 9.10. The number of fused-ring (bicyclic) bond motifs is 1. The fraction of sp³-hybridized carbons (Fsp3) is 0.0667. The first-order chi connectivity index (χ1) is 10.2. The van der Waals surface area contributed by atoms with Crippen molar-refractivity contribution < 1.29 is 0 Å². The van der Waals surface area contributed by atoms with E-state index in [1.807, 2.05) is 30.3 Å². The minimum atomic E-state index is -0.607. The van der Waals surface area contributed by atoms with Gasteiger partial charge in [0.1, 0.15) is 5.92 Å². The van der Waals surface area contributed by atoms with E-state index in [4.69, 9.17) is 11.6 Å². The predicted molar refractivity (Wildman–Crippen MR) is 83.9 cm³/mol. The zero-order chi connectivity index (χ0) is 14.8. The fourth-order valence-electron chi connectivity index (χ4n) is 2.09. The SMILES string of the molecule is N#C[C@H](c1cc2ccccc2cn1)c1nc(Cl)ncc1Br. The molecule has 6 heteroatoms. The molecule has 2 aromatic heterocycles. The summed E-state index contributed by atoms with van der Waals surface area (Å²) in [6, 6.07) is 12.0. The molecule has 0 aliphatic heterocycles. The van der Waals surface area contributed by atoms with Crippen molar-refractivity contribution in [3.8, 4) is 6.07 Å². The molecule has 0 amide bonds. The number of benzene rings is 1. The number of aromatic nitrogens is 3. The Balaban J connectivity index is 2.14. The van der Waals surface area contributed by atoms with Gasteiger partial charge in [0.15, 0.2) is 0 Å². The Kier molecular flexibility index (Phi) is 3.82. The van der Waals surface area contributed by atoms with Gasteiger partial charge in [0.25, 0.3) is 0 Å². The van der Waals surface area contributed by atoms with E-state index in [1.54, 1.807) is 6.20 Å². The van der Waals surface area contributed by atoms with Crippen LogP contribution in [0.3, 0.4) is 0 Å². The Bertz CT molecular complexity index is 860. The molecule has 0 aliphatic rings. The van der Waals surface area contributed by atoms with Crippen LogP contribution in [0.1, 0.15) is 17.3 Å². The second-order valence-electron chi connectivity index (χ2n) is 4.39. The third kappa shape index (κ3) is 2.73. The summed E-state index contributed by atoms with van der Waals surface area (Å²) in [5.74, 6) is -0.607. The summed E-state index contributed by atoms with van der Waals surface area (Å²) in [6.45, 7) is 0. The maximum atomic E-state index is 9.51. The van der Waals surface area contributed by atoms with Crippen molar-refractivity contribution in [2.75, 3.05) is 0 Å². The smallest absolute Gasteiger partial charge is 0.222 e. The zero-order valence-corrected chi connectivity index (χ0v) is 13.0. The monoisotopic (exact) mass is 358 g/mol. The van der Waals surface area contributed by atoms with Gasteiger partial charge in [-0.15, -0.1) is 0 Å². The molecule has 0 saturated carbocycles. The van der Waals surface area contributed by atoms with Gasteiger partial charge in [-0.25, -0.2) is 9.97 Å². The summed E-state index contributed by atoms with van der Waals surface area (Å²) in [5, 5.41) is 11.7. The summed E-state index contributed by atoms with van der Waals surface area (Å²) in [7, 11) is 0.